The Morgan fingerprint density at radius 2 is 0.857 bits per heavy atom. The van der Waals surface area contributed by atoms with Crippen LogP contribution in [0.2, 0.25) is 0 Å². The quantitative estimate of drug-likeness (QED) is 0.359. The van der Waals surface area contributed by atoms with Gasteiger partial charge >= 0.3 is 23.9 Å². The minimum atomic E-state index is -0.129. The zero-order valence-electron chi connectivity index (χ0n) is 11.3. The minimum absolute atomic E-state index is 0. The number of hydrogen-bond acceptors (Lipinski definition) is 2. The molecule has 0 radical (unpaired) electrons. The van der Waals surface area contributed by atoms with Gasteiger partial charge in [0.25, 0.3) is 0 Å². The SMILES string of the molecule is C=C([O-])c1ccccc1.C=C([O-])c1ccccc1.[Cl-].[Cl-].[Sn+4]. The van der Waals surface area contributed by atoms with Crippen LogP contribution in [0, 0.1) is 0 Å². The summed E-state index contributed by atoms with van der Waals surface area (Å²) in [5.74, 6) is -0.258. The zero-order valence-corrected chi connectivity index (χ0v) is 15.6. The zero-order chi connectivity index (χ0) is 13.4. The van der Waals surface area contributed by atoms with Gasteiger partial charge in [-0.25, -0.2) is 0 Å². The van der Waals surface area contributed by atoms with E-state index in [-0.39, 0.29) is 60.2 Å². The maximum atomic E-state index is 10.5. The van der Waals surface area contributed by atoms with E-state index in [4.69, 9.17) is 0 Å². The van der Waals surface area contributed by atoms with Crippen molar-refractivity contribution < 1.29 is 35.0 Å². The average Bonchev–Trinajstić information content (AvgIpc) is 2.41. The van der Waals surface area contributed by atoms with E-state index in [1.54, 1.807) is 24.3 Å². The summed E-state index contributed by atoms with van der Waals surface area (Å²) in [5, 5.41) is 21.1. The molecule has 108 valence electrons. The van der Waals surface area contributed by atoms with Gasteiger partial charge in [-0.1, -0.05) is 60.7 Å². The van der Waals surface area contributed by atoms with Crippen LogP contribution in [0.5, 0.6) is 0 Å². The van der Waals surface area contributed by atoms with Crippen LogP contribution >= 0.6 is 0 Å². The second-order valence-electron chi connectivity index (χ2n) is 3.58. The Labute approximate surface area is 155 Å². The van der Waals surface area contributed by atoms with Gasteiger partial charge in [0.1, 0.15) is 0 Å². The molecule has 0 saturated heterocycles. The standard InChI is InChI=1S/2C8H8O.2ClH.Sn/c2*1-7(9)8-5-3-2-4-6-8;;;/h2*2-6,9H,1H2;2*1H;/q;;;;+4/p-4. The molecule has 0 aromatic heterocycles. The molecular weight excluding hydrogens is 414 g/mol. The summed E-state index contributed by atoms with van der Waals surface area (Å²) in [6.45, 7) is 6.54. The molecule has 0 N–H and O–H groups in total. The second kappa shape index (κ2) is 13.9. The van der Waals surface area contributed by atoms with E-state index in [1.807, 2.05) is 36.4 Å². The van der Waals surface area contributed by atoms with Crippen LogP contribution in [0.3, 0.4) is 0 Å². The molecular formula is C16H14Cl2O2Sn. The Balaban J connectivity index is -0.000000270. The van der Waals surface area contributed by atoms with Crippen molar-refractivity contribution >= 4 is 35.4 Å². The minimum Gasteiger partial charge on any atom is -1.00 e. The normalized spacial score (nSPS) is 7.62. The van der Waals surface area contributed by atoms with Crippen LogP contribution in [-0.2, 0) is 0 Å². The largest absolute Gasteiger partial charge is 4.00 e. The molecule has 0 atom stereocenters. The number of benzene rings is 2. The van der Waals surface area contributed by atoms with Crippen molar-refractivity contribution in [1.29, 1.82) is 0 Å². The molecule has 0 amide bonds. The fourth-order valence-corrected chi connectivity index (χ4v) is 1.25. The molecule has 0 unspecified atom stereocenters. The molecule has 21 heavy (non-hydrogen) atoms. The van der Waals surface area contributed by atoms with Crippen molar-refractivity contribution in [3.05, 3.63) is 84.9 Å². The first-order valence-electron chi connectivity index (χ1n) is 5.44. The monoisotopic (exact) mass is 428 g/mol. The third kappa shape index (κ3) is 10.3. The van der Waals surface area contributed by atoms with Gasteiger partial charge in [-0.3, -0.25) is 0 Å². The summed E-state index contributed by atoms with van der Waals surface area (Å²) in [7, 11) is 0. The molecule has 2 aromatic carbocycles. The van der Waals surface area contributed by atoms with E-state index in [1.165, 1.54) is 0 Å². The summed E-state index contributed by atoms with van der Waals surface area (Å²) >= 11 is 0. The predicted octanol–water partition coefficient (Wildman–Crippen LogP) is -4.34. The fourth-order valence-electron chi connectivity index (χ4n) is 1.25. The van der Waals surface area contributed by atoms with Crippen molar-refractivity contribution in [3.63, 3.8) is 0 Å². The van der Waals surface area contributed by atoms with Gasteiger partial charge in [-0.2, -0.15) is 0 Å². The molecule has 0 aliphatic carbocycles. The van der Waals surface area contributed by atoms with E-state index >= 15 is 0 Å². The maximum absolute atomic E-state index is 10.5. The summed E-state index contributed by atoms with van der Waals surface area (Å²) in [6, 6.07) is 18.0. The fraction of sp³-hybridized carbons (Fsp3) is 0. The van der Waals surface area contributed by atoms with Gasteiger partial charge < -0.3 is 35.0 Å². The molecule has 0 aliphatic rings. The number of hydrogen-bond donors (Lipinski definition) is 0. The van der Waals surface area contributed by atoms with Gasteiger partial charge in [0.2, 0.25) is 0 Å². The van der Waals surface area contributed by atoms with Crippen LogP contribution in [-0.4, -0.2) is 23.9 Å². The molecule has 0 heterocycles. The van der Waals surface area contributed by atoms with Gasteiger partial charge in [0.15, 0.2) is 0 Å². The summed E-state index contributed by atoms with van der Waals surface area (Å²) in [5.41, 5.74) is 1.33. The van der Waals surface area contributed by atoms with Crippen molar-refractivity contribution in [2.45, 2.75) is 0 Å². The predicted molar refractivity (Wildman–Crippen MR) is 76.7 cm³/mol. The number of halogens is 2. The molecule has 0 saturated carbocycles. The molecule has 0 bridgehead atoms. The van der Waals surface area contributed by atoms with E-state index in [2.05, 4.69) is 13.2 Å². The third-order valence-corrected chi connectivity index (χ3v) is 2.19. The summed E-state index contributed by atoms with van der Waals surface area (Å²) in [6.07, 6.45) is 0. The van der Waals surface area contributed by atoms with Crippen molar-refractivity contribution in [2.24, 2.45) is 0 Å². The van der Waals surface area contributed by atoms with Gasteiger partial charge in [0.05, 0.1) is 0 Å². The van der Waals surface area contributed by atoms with E-state index in [9.17, 15) is 10.2 Å². The van der Waals surface area contributed by atoms with E-state index < -0.39 is 0 Å². The second-order valence-corrected chi connectivity index (χ2v) is 3.58. The first-order chi connectivity index (χ1) is 8.61. The smallest absolute Gasteiger partial charge is 1.00 e. The van der Waals surface area contributed by atoms with Crippen LogP contribution in [0.25, 0.3) is 11.5 Å². The molecule has 0 spiro atoms. The van der Waals surface area contributed by atoms with E-state index in [0.717, 1.165) is 0 Å². The Hall–Kier alpha value is -1.10. The van der Waals surface area contributed by atoms with Crippen molar-refractivity contribution in [3.8, 4) is 0 Å². The summed E-state index contributed by atoms with van der Waals surface area (Å²) in [4.78, 5) is 0. The van der Waals surface area contributed by atoms with Crippen molar-refractivity contribution in [1.82, 2.24) is 0 Å². The van der Waals surface area contributed by atoms with Crippen LogP contribution in [0.1, 0.15) is 11.1 Å². The van der Waals surface area contributed by atoms with Gasteiger partial charge in [0, 0.05) is 0 Å². The number of rotatable bonds is 2. The molecule has 2 nitrogen and oxygen atoms in total. The Morgan fingerprint density at radius 1 is 0.619 bits per heavy atom. The Bertz CT molecular complexity index is 467. The topological polar surface area (TPSA) is 46.1 Å². The molecule has 0 aliphatic heterocycles. The molecule has 2 aromatic rings. The average molecular weight is 428 g/mol. The molecule has 2 rings (SSSR count). The summed E-state index contributed by atoms with van der Waals surface area (Å²) < 4.78 is 0. The maximum Gasteiger partial charge on any atom is 4.00 e. The van der Waals surface area contributed by atoms with Crippen molar-refractivity contribution in [2.75, 3.05) is 0 Å². The van der Waals surface area contributed by atoms with Crippen LogP contribution in [0.4, 0.5) is 0 Å². The Morgan fingerprint density at radius 3 is 1.00 bits per heavy atom. The van der Waals surface area contributed by atoms with Crippen LogP contribution in [0.15, 0.2) is 73.8 Å². The first kappa shape index (κ1) is 24.9. The van der Waals surface area contributed by atoms with Gasteiger partial charge in [-0.05, 0) is 11.1 Å². The molecule has 0 fully saturated rings. The van der Waals surface area contributed by atoms with Crippen LogP contribution < -0.4 is 35.0 Å². The van der Waals surface area contributed by atoms with E-state index in [0.29, 0.717) is 11.1 Å². The van der Waals surface area contributed by atoms with Gasteiger partial charge in [-0.15, -0.1) is 24.7 Å². The molecule has 5 heteroatoms. The third-order valence-electron chi connectivity index (χ3n) is 2.19. The first-order valence-corrected chi connectivity index (χ1v) is 5.44. The Kier molecular flexibility index (Phi) is 16.4.